The van der Waals surface area contributed by atoms with Gasteiger partial charge in [0.25, 0.3) is 0 Å². The van der Waals surface area contributed by atoms with Crippen molar-refractivity contribution in [3.63, 3.8) is 0 Å². The molecule has 19 heavy (non-hydrogen) atoms. The lowest BCUT2D eigenvalue weighted by Crippen LogP contribution is -2.42. The van der Waals surface area contributed by atoms with Crippen molar-refractivity contribution in [1.82, 2.24) is 4.90 Å². The van der Waals surface area contributed by atoms with Crippen LogP contribution in [-0.4, -0.2) is 34.6 Å². The number of para-hydroxylation sites is 1. The van der Waals surface area contributed by atoms with E-state index in [2.05, 4.69) is 5.32 Å². The Balaban J connectivity index is 2.15. The fourth-order valence-corrected chi connectivity index (χ4v) is 2.50. The molecule has 2 rings (SSSR count). The van der Waals surface area contributed by atoms with Gasteiger partial charge in [-0.2, -0.15) is 0 Å². The highest BCUT2D eigenvalue weighted by Gasteiger charge is 2.34. The third-order valence-electron chi connectivity index (χ3n) is 3.25. The number of benzene rings is 1. The summed E-state index contributed by atoms with van der Waals surface area (Å²) < 4.78 is 0. The van der Waals surface area contributed by atoms with Crippen molar-refractivity contribution in [2.75, 3.05) is 11.9 Å². The second-order valence-corrected chi connectivity index (χ2v) is 4.96. The summed E-state index contributed by atoms with van der Waals surface area (Å²) in [4.78, 5) is 24.5. The Labute approximate surface area is 116 Å². The molecule has 0 aromatic heterocycles. The Kier molecular flexibility index (Phi) is 3.95. The minimum Gasteiger partial charge on any atom is -0.480 e. The van der Waals surface area contributed by atoms with E-state index < -0.39 is 18.0 Å². The van der Waals surface area contributed by atoms with E-state index in [4.69, 9.17) is 16.7 Å². The zero-order valence-corrected chi connectivity index (χ0v) is 11.3. The van der Waals surface area contributed by atoms with E-state index in [1.54, 1.807) is 12.1 Å². The molecule has 2 N–H and O–H groups in total. The summed E-state index contributed by atoms with van der Waals surface area (Å²) in [6, 6.07) is 4.15. The minimum absolute atomic E-state index is 0.416. The molecular weight excluding hydrogens is 268 g/mol. The van der Waals surface area contributed by atoms with Crippen molar-refractivity contribution < 1.29 is 14.7 Å². The molecule has 0 unspecified atom stereocenters. The Morgan fingerprint density at radius 1 is 1.47 bits per heavy atom. The summed E-state index contributed by atoms with van der Waals surface area (Å²) >= 11 is 6.03. The Bertz CT molecular complexity index is 498. The number of carboxylic acid groups (broad SMARTS) is 1. The topological polar surface area (TPSA) is 69.6 Å². The highest BCUT2D eigenvalue weighted by atomic mass is 35.5. The number of hydrogen-bond acceptors (Lipinski definition) is 2. The predicted molar refractivity (Wildman–Crippen MR) is 72.6 cm³/mol. The van der Waals surface area contributed by atoms with Crippen LogP contribution in [-0.2, 0) is 4.79 Å². The van der Waals surface area contributed by atoms with Gasteiger partial charge in [0, 0.05) is 6.54 Å². The highest BCUT2D eigenvalue weighted by Crippen LogP contribution is 2.26. The van der Waals surface area contributed by atoms with Crippen LogP contribution in [0.1, 0.15) is 18.4 Å². The number of hydrogen-bond donors (Lipinski definition) is 2. The van der Waals surface area contributed by atoms with Gasteiger partial charge in [0.2, 0.25) is 0 Å². The molecule has 1 aliphatic heterocycles. The Morgan fingerprint density at radius 2 is 2.21 bits per heavy atom. The lowest BCUT2D eigenvalue weighted by Gasteiger charge is -2.22. The number of anilines is 1. The molecule has 1 aromatic rings. The van der Waals surface area contributed by atoms with Gasteiger partial charge < -0.3 is 15.3 Å². The van der Waals surface area contributed by atoms with Gasteiger partial charge in [-0.3, -0.25) is 0 Å². The van der Waals surface area contributed by atoms with Gasteiger partial charge in [-0.15, -0.1) is 0 Å². The quantitative estimate of drug-likeness (QED) is 0.876. The van der Waals surface area contributed by atoms with Gasteiger partial charge in [-0.25, -0.2) is 9.59 Å². The van der Waals surface area contributed by atoms with Crippen LogP contribution >= 0.6 is 11.6 Å². The van der Waals surface area contributed by atoms with Gasteiger partial charge in [0.05, 0.1) is 10.7 Å². The van der Waals surface area contributed by atoms with Gasteiger partial charge in [-0.05, 0) is 31.4 Å². The van der Waals surface area contributed by atoms with Crippen LogP contribution < -0.4 is 5.32 Å². The third-order valence-corrected chi connectivity index (χ3v) is 3.57. The van der Waals surface area contributed by atoms with Crippen LogP contribution in [0.4, 0.5) is 10.5 Å². The van der Waals surface area contributed by atoms with Crippen molar-refractivity contribution >= 4 is 29.3 Å². The number of urea groups is 1. The fourth-order valence-electron chi connectivity index (χ4n) is 2.24. The van der Waals surface area contributed by atoms with E-state index in [9.17, 15) is 9.59 Å². The first-order chi connectivity index (χ1) is 9.00. The number of likely N-dealkylation sites (tertiary alicyclic amines) is 1. The first-order valence-electron chi connectivity index (χ1n) is 6.06. The van der Waals surface area contributed by atoms with Crippen molar-refractivity contribution in [2.45, 2.75) is 25.8 Å². The number of nitrogens with zero attached hydrogens (tertiary/aromatic N) is 1. The second kappa shape index (κ2) is 5.48. The summed E-state index contributed by atoms with van der Waals surface area (Å²) in [5.74, 6) is -0.969. The zero-order valence-electron chi connectivity index (χ0n) is 10.5. The van der Waals surface area contributed by atoms with Crippen LogP contribution in [0.5, 0.6) is 0 Å². The van der Waals surface area contributed by atoms with Crippen molar-refractivity contribution in [1.29, 1.82) is 0 Å². The van der Waals surface area contributed by atoms with Crippen molar-refractivity contribution in [3.05, 3.63) is 28.8 Å². The van der Waals surface area contributed by atoms with E-state index in [-0.39, 0.29) is 0 Å². The molecule has 5 nitrogen and oxygen atoms in total. The number of carbonyl (C=O) groups excluding carboxylic acids is 1. The maximum atomic E-state index is 12.1. The molecule has 0 radical (unpaired) electrons. The molecule has 1 aliphatic rings. The molecule has 0 aliphatic carbocycles. The molecule has 1 atom stereocenters. The number of halogens is 1. The predicted octanol–water partition coefficient (Wildman–Crippen LogP) is 2.73. The third kappa shape index (κ3) is 2.81. The van der Waals surface area contributed by atoms with E-state index in [0.29, 0.717) is 30.1 Å². The minimum atomic E-state index is -0.969. The van der Waals surface area contributed by atoms with Crippen molar-refractivity contribution in [2.24, 2.45) is 0 Å². The summed E-state index contributed by atoms with van der Waals surface area (Å²) in [5.41, 5.74) is 1.37. The first-order valence-corrected chi connectivity index (χ1v) is 6.44. The molecule has 102 valence electrons. The van der Waals surface area contributed by atoms with Gasteiger partial charge >= 0.3 is 12.0 Å². The van der Waals surface area contributed by atoms with E-state index in [1.807, 2.05) is 13.0 Å². The van der Waals surface area contributed by atoms with E-state index in [0.717, 1.165) is 5.56 Å². The number of aliphatic carboxylic acids is 1. The molecule has 1 aromatic carbocycles. The van der Waals surface area contributed by atoms with Crippen LogP contribution in [0.15, 0.2) is 18.2 Å². The van der Waals surface area contributed by atoms with Gasteiger partial charge in [-0.1, -0.05) is 23.7 Å². The van der Waals surface area contributed by atoms with Crippen molar-refractivity contribution in [3.8, 4) is 0 Å². The van der Waals surface area contributed by atoms with E-state index >= 15 is 0 Å². The Morgan fingerprint density at radius 3 is 2.84 bits per heavy atom. The number of amides is 2. The van der Waals surface area contributed by atoms with Crippen LogP contribution in [0.2, 0.25) is 5.02 Å². The molecule has 1 heterocycles. The number of carboxylic acids is 1. The van der Waals surface area contributed by atoms with Gasteiger partial charge in [0.15, 0.2) is 0 Å². The average Bonchev–Trinajstić information content (AvgIpc) is 2.83. The summed E-state index contributed by atoms with van der Waals surface area (Å²) in [5, 5.41) is 12.2. The summed E-state index contributed by atoms with van der Waals surface area (Å²) in [6.07, 6.45) is 1.19. The number of rotatable bonds is 2. The number of carbonyl (C=O) groups is 2. The molecule has 0 spiro atoms. The Hall–Kier alpha value is -1.75. The van der Waals surface area contributed by atoms with E-state index in [1.165, 1.54) is 4.90 Å². The lowest BCUT2D eigenvalue weighted by atomic mass is 10.2. The maximum Gasteiger partial charge on any atom is 0.326 e. The maximum absolute atomic E-state index is 12.1. The highest BCUT2D eigenvalue weighted by molar-refractivity contribution is 6.33. The largest absolute Gasteiger partial charge is 0.480 e. The van der Waals surface area contributed by atoms with Gasteiger partial charge in [0.1, 0.15) is 6.04 Å². The molecule has 0 saturated carbocycles. The number of aryl methyl sites for hydroxylation is 1. The smallest absolute Gasteiger partial charge is 0.326 e. The molecule has 1 fully saturated rings. The SMILES string of the molecule is Cc1cccc(Cl)c1NC(=O)N1CCC[C@@H]1C(=O)O. The monoisotopic (exact) mass is 282 g/mol. The fraction of sp³-hybridized carbons (Fsp3) is 0.385. The molecule has 1 saturated heterocycles. The molecule has 0 bridgehead atoms. The van der Waals surface area contributed by atoms with Crippen LogP contribution in [0.3, 0.4) is 0 Å². The van der Waals surface area contributed by atoms with Crippen LogP contribution in [0.25, 0.3) is 0 Å². The second-order valence-electron chi connectivity index (χ2n) is 4.55. The standard InChI is InChI=1S/C13H15ClN2O3/c1-8-4-2-5-9(14)11(8)15-13(19)16-7-3-6-10(16)12(17)18/h2,4-5,10H,3,6-7H2,1H3,(H,15,19)(H,17,18)/t10-/m1/s1. The molecular formula is C13H15ClN2O3. The molecule has 2 amide bonds. The summed E-state index contributed by atoms with van der Waals surface area (Å²) in [6.45, 7) is 2.28. The van der Waals surface area contributed by atoms with Crippen LogP contribution in [0, 0.1) is 6.92 Å². The zero-order chi connectivity index (χ0) is 14.0. The lowest BCUT2D eigenvalue weighted by molar-refractivity contribution is -0.141. The average molecular weight is 283 g/mol. The normalized spacial score (nSPS) is 18.4. The number of nitrogens with one attached hydrogen (secondary N) is 1. The first kappa shape index (κ1) is 13.7. The molecule has 6 heteroatoms. The summed E-state index contributed by atoms with van der Waals surface area (Å²) in [7, 11) is 0.